The van der Waals surface area contributed by atoms with Gasteiger partial charge in [-0.2, -0.15) is 0 Å². The molecule has 1 aliphatic heterocycles. The SMILES string of the molecule is CC1CC(NS(=O)(=O)c2cccc(S(N)(=O)=O)c2)CCN1. The van der Waals surface area contributed by atoms with Gasteiger partial charge in [0, 0.05) is 12.1 Å². The predicted octanol–water partition coefficient (Wildman–Crippen LogP) is -0.247. The smallest absolute Gasteiger partial charge is 0.240 e. The van der Waals surface area contributed by atoms with Gasteiger partial charge in [0.25, 0.3) is 0 Å². The van der Waals surface area contributed by atoms with Gasteiger partial charge in [0.2, 0.25) is 20.0 Å². The molecule has 0 bridgehead atoms. The summed E-state index contributed by atoms with van der Waals surface area (Å²) in [4.78, 5) is -0.315. The molecule has 1 fully saturated rings. The van der Waals surface area contributed by atoms with Crippen molar-refractivity contribution in [1.29, 1.82) is 0 Å². The third-order valence-corrected chi connectivity index (χ3v) is 5.82. The number of nitrogens with one attached hydrogen (secondary N) is 2. The van der Waals surface area contributed by atoms with Crippen molar-refractivity contribution in [1.82, 2.24) is 10.0 Å². The largest absolute Gasteiger partial charge is 0.314 e. The summed E-state index contributed by atoms with van der Waals surface area (Å²) in [5, 5.41) is 8.26. The molecule has 1 aliphatic rings. The summed E-state index contributed by atoms with van der Waals surface area (Å²) in [6.45, 7) is 2.73. The summed E-state index contributed by atoms with van der Waals surface area (Å²) < 4.78 is 49.9. The number of piperidine rings is 1. The van der Waals surface area contributed by atoms with Crippen LogP contribution in [0.1, 0.15) is 19.8 Å². The molecule has 7 nitrogen and oxygen atoms in total. The fourth-order valence-corrected chi connectivity index (χ4v) is 4.31. The van der Waals surface area contributed by atoms with Crippen LogP contribution in [0.5, 0.6) is 0 Å². The van der Waals surface area contributed by atoms with Crippen LogP contribution >= 0.6 is 0 Å². The molecule has 0 radical (unpaired) electrons. The molecule has 2 unspecified atom stereocenters. The zero-order valence-electron chi connectivity index (χ0n) is 11.6. The van der Waals surface area contributed by atoms with Gasteiger partial charge in [-0.15, -0.1) is 0 Å². The Kier molecular flexibility index (Phi) is 4.69. The van der Waals surface area contributed by atoms with Crippen LogP contribution in [-0.4, -0.2) is 35.5 Å². The summed E-state index contributed by atoms with van der Waals surface area (Å²) in [6.07, 6.45) is 1.38. The van der Waals surface area contributed by atoms with Crippen LogP contribution in [0.25, 0.3) is 0 Å². The van der Waals surface area contributed by atoms with Crippen molar-refractivity contribution in [3.8, 4) is 0 Å². The van der Waals surface area contributed by atoms with E-state index in [9.17, 15) is 16.8 Å². The molecule has 2 atom stereocenters. The monoisotopic (exact) mass is 333 g/mol. The van der Waals surface area contributed by atoms with E-state index >= 15 is 0 Å². The van der Waals surface area contributed by atoms with Gasteiger partial charge in [0.15, 0.2) is 0 Å². The lowest BCUT2D eigenvalue weighted by atomic mass is 10.0. The van der Waals surface area contributed by atoms with Gasteiger partial charge in [0.1, 0.15) is 0 Å². The second kappa shape index (κ2) is 6.01. The van der Waals surface area contributed by atoms with Gasteiger partial charge in [-0.1, -0.05) is 6.07 Å². The molecule has 9 heteroatoms. The lowest BCUT2D eigenvalue weighted by molar-refractivity contribution is 0.361. The number of nitrogens with two attached hydrogens (primary N) is 1. The van der Waals surface area contributed by atoms with Crippen LogP contribution in [-0.2, 0) is 20.0 Å². The van der Waals surface area contributed by atoms with Crippen LogP contribution in [0.4, 0.5) is 0 Å². The van der Waals surface area contributed by atoms with Crippen LogP contribution < -0.4 is 15.2 Å². The lowest BCUT2D eigenvalue weighted by Crippen LogP contribution is -2.46. The maximum absolute atomic E-state index is 12.3. The van der Waals surface area contributed by atoms with E-state index < -0.39 is 20.0 Å². The van der Waals surface area contributed by atoms with Gasteiger partial charge in [-0.25, -0.2) is 26.7 Å². The minimum atomic E-state index is -3.93. The van der Waals surface area contributed by atoms with Crippen molar-refractivity contribution in [2.45, 2.75) is 41.6 Å². The molecule has 0 amide bonds. The van der Waals surface area contributed by atoms with Crippen molar-refractivity contribution in [2.75, 3.05) is 6.54 Å². The zero-order valence-corrected chi connectivity index (χ0v) is 13.2. The molecule has 0 aliphatic carbocycles. The van der Waals surface area contributed by atoms with E-state index in [1.54, 1.807) is 0 Å². The summed E-state index contributed by atoms with van der Waals surface area (Å²) in [5.74, 6) is 0. The van der Waals surface area contributed by atoms with Crippen LogP contribution in [0.2, 0.25) is 0 Å². The first-order valence-electron chi connectivity index (χ1n) is 6.57. The fourth-order valence-electron chi connectivity index (χ4n) is 2.34. The highest BCUT2D eigenvalue weighted by atomic mass is 32.2. The number of sulfonamides is 2. The number of rotatable bonds is 4. The highest BCUT2D eigenvalue weighted by molar-refractivity contribution is 7.90. The van der Waals surface area contributed by atoms with E-state index in [0.717, 1.165) is 12.6 Å². The normalized spacial score (nSPS) is 23.9. The summed E-state index contributed by atoms with van der Waals surface area (Å²) in [6, 6.07) is 5.12. The highest BCUT2D eigenvalue weighted by Crippen LogP contribution is 2.17. The second-order valence-electron chi connectivity index (χ2n) is 5.22. The molecule has 0 saturated carbocycles. The lowest BCUT2D eigenvalue weighted by Gasteiger charge is -2.28. The van der Waals surface area contributed by atoms with E-state index in [0.29, 0.717) is 12.8 Å². The first-order chi connectivity index (χ1) is 9.68. The highest BCUT2D eigenvalue weighted by Gasteiger charge is 2.25. The molecule has 118 valence electrons. The van der Waals surface area contributed by atoms with Crippen molar-refractivity contribution in [2.24, 2.45) is 5.14 Å². The Hall–Kier alpha value is -1.00. The Bertz CT molecular complexity index is 716. The molecule has 2 rings (SSSR count). The van der Waals surface area contributed by atoms with Gasteiger partial charge in [-0.3, -0.25) is 0 Å². The zero-order chi connectivity index (χ0) is 15.7. The van der Waals surface area contributed by atoms with Gasteiger partial charge < -0.3 is 5.32 Å². The minimum Gasteiger partial charge on any atom is -0.314 e. The Balaban J connectivity index is 2.23. The number of hydrogen-bond donors (Lipinski definition) is 3. The molecule has 0 spiro atoms. The van der Waals surface area contributed by atoms with Crippen molar-refractivity contribution >= 4 is 20.0 Å². The van der Waals surface area contributed by atoms with Crippen LogP contribution in [0.15, 0.2) is 34.1 Å². The van der Waals surface area contributed by atoms with Crippen molar-refractivity contribution in [3.63, 3.8) is 0 Å². The molecule has 4 N–H and O–H groups in total. The molecular weight excluding hydrogens is 314 g/mol. The fraction of sp³-hybridized carbons (Fsp3) is 0.500. The molecular formula is C12H19N3O4S2. The average Bonchev–Trinajstić information content (AvgIpc) is 2.37. The molecule has 1 aromatic rings. The number of benzene rings is 1. The van der Waals surface area contributed by atoms with Gasteiger partial charge in [-0.05, 0) is 44.5 Å². The van der Waals surface area contributed by atoms with Crippen molar-refractivity contribution < 1.29 is 16.8 Å². The van der Waals surface area contributed by atoms with Gasteiger partial charge in [0.05, 0.1) is 9.79 Å². The Labute approximate surface area is 125 Å². The molecule has 1 aromatic carbocycles. The molecule has 1 heterocycles. The average molecular weight is 333 g/mol. The quantitative estimate of drug-likeness (QED) is 0.702. The summed E-state index contributed by atoms with van der Waals surface area (Å²) >= 11 is 0. The second-order valence-corrected chi connectivity index (χ2v) is 8.49. The summed E-state index contributed by atoms with van der Waals surface area (Å²) in [5.41, 5.74) is 0. The molecule has 21 heavy (non-hydrogen) atoms. The third kappa shape index (κ3) is 4.24. The van der Waals surface area contributed by atoms with E-state index in [4.69, 9.17) is 5.14 Å². The molecule has 0 aromatic heterocycles. The Morgan fingerprint density at radius 1 is 1.24 bits per heavy atom. The maximum Gasteiger partial charge on any atom is 0.240 e. The first kappa shape index (κ1) is 16.4. The predicted molar refractivity (Wildman–Crippen MR) is 78.6 cm³/mol. The van der Waals surface area contributed by atoms with E-state index in [2.05, 4.69) is 10.0 Å². The number of primary sulfonamides is 1. The Morgan fingerprint density at radius 3 is 2.52 bits per heavy atom. The van der Waals surface area contributed by atoms with E-state index in [1.165, 1.54) is 18.2 Å². The first-order valence-corrected chi connectivity index (χ1v) is 9.60. The van der Waals surface area contributed by atoms with Crippen molar-refractivity contribution in [3.05, 3.63) is 24.3 Å². The molecule has 1 saturated heterocycles. The topological polar surface area (TPSA) is 118 Å². The van der Waals surface area contributed by atoms with Crippen LogP contribution in [0, 0.1) is 0 Å². The maximum atomic E-state index is 12.3. The minimum absolute atomic E-state index is 0.0970. The van der Waals surface area contributed by atoms with E-state index in [-0.39, 0.29) is 21.9 Å². The van der Waals surface area contributed by atoms with Gasteiger partial charge >= 0.3 is 0 Å². The standard InChI is InChI=1S/C12H19N3O4S2/c1-9-7-10(5-6-14-9)15-21(18,19)12-4-2-3-11(8-12)20(13,16)17/h2-4,8-10,14-15H,5-7H2,1H3,(H2,13,16,17). The third-order valence-electron chi connectivity index (χ3n) is 3.39. The van der Waals surface area contributed by atoms with E-state index in [1.807, 2.05) is 6.92 Å². The summed E-state index contributed by atoms with van der Waals surface area (Å²) in [7, 11) is -7.69. The van der Waals surface area contributed by atoms with Crippen LogP contribution in [0.3, 0.4) is 0 Å². The number of hydrogen-bond acceptors (Lipinski definition) is 5. The Morgan fingerprint density at radius 2 is 1.90 bits per heavy atom.